The van der Waals surface area contributed by atoms with Crippen molar-refractivity contribution >= 4 is 22.8 Å². The number of hydrogen-bond acceptors (Lipinski definition) is 3. The van der Waals surface area contributed by atoms with E-state index < -0.39 is 0 Å². The quantitative estimate of drug-likeness (QED) is 0.934. The number of fused-ring (bicyclic) bond motifs is 1. The van der Waals surface area contributed by atoms with Crippen LogP contribution in [0.25, 0.3) is 11.0 Å². The molecule has 3 rings (SSSR count). The fraction of sp³-hybridized carbons (Fsp3) is 0.562. The van der Waals surface area contributed by atoms with Crippen LogP contribution in [0.5, 0.6) is 0 Å². The van der Waals surface area contributed by atoms with E-state index in [4.69, 9.17) is 4.98 Å². The summed E-state index contributed by atoms with van der Waals surface area (Å²) in [4.78, 5) is 4.80. The molecule has 1 aliphatic carbocycles. The Morgan fingerprint density at radius 1 is 1.35 bits per heavy atom. The van der Waals surface area contributed by atoms with Gasteiger partial charge in [-0.05, 0) is 38.2 Å². The Labute approximate surface area is 125 Å². The lowest BCUT2D eigenvalue weighted by Crippen LogP contribution is -2.36. The van der Waals surface area contributed by atoms with Gasteiger partial charge in [0, 0.05) is 18.3 Å². The first-order chi connectivity index (χ1) is 9.70. The molecule has 1 aliphatic rings. The second-order valence-corrected chi connectivity index (χ2v) is 6.79. The largest absolute Gasteiger partial charge is 0.330 e. The maximum Gasteiger partial charge on any atom is 0.126 e. The van der Waals surface area contributed by atoms with Gasteiger partial charge in [-0.3, -0.25) is 0 Å². The molecular formula is C16H23N3S. The molecule has 0 bridgehead atoms. The van der Waals surface area contributed by atoms with Crippen molar-refractivity contribution in [2.45, 2.75) is 43.5 Å². The van der Waals surface area contributed by atoms with Crippen molar-refractivity contribution in [3.63, 3.8) is 0 Å². The van der Waals surface area contributed by atoms with Gasteiger partial charge in [-0.15, -0.1) is 0 Å². The number of benzene rings is 1. The fourth-order valence-corrected chi connectivity index (χ4v) is 4.29. The summed E-state index contributed by atoms with van der Waals surface area (Å²) in [5.74, 6) is 1.14. The summed E-state index contributed by atoms with van der Waals surface area (Å²) in [7, 11) is 2.11. The zero-order valence-electron chi connectivity index (χ0n) is 12.5. The number of rotatable bonds is 4. The molecule has 1 fully saturated rings. The molecule has 1 N–H and O–H groups in total. The van der Waals surface area contributed by atoms with Gasteiger partial charge in [-0.25, -0.2) is 4.98 Å². The number of thioether (sulfide) groups is 1. The number of aryl methyl sites for hydroxylation is 1. The van der Waals surface area contributed by atoms with Crippen LogP contribution in [-0.4, -0.2) is 27.1 Å². The number of para-hydroxylation sites is 2. The van der Waals surface area contributed by atoms with Crippen molar-refractivity contribution in [3.05, 3.63) is 30.1 Å². The molecule has 1 aromatic carbocycles. The Bertz CT molecular complexity index is 592. The highest BCUT2D eigenvalue weighted by atomic mass is 32.2. The van der Waals surface area contributed by atoms with Crippen LogP contribution < -0.4 is 5.32 Å². The third kappa shape index (κ3) is 2.47. The van der Waals surface area contributed by atoms with Crippen molar-refractivity contribution in [3.8, 4) is 0 Å². The Morgan fingerprint density at radius 3 is 2.90 bits per heavy atom. The zero-order chi connectivity index (χ0) is 14.1. The second kappa shape index (κ2) is 5.78. The van der Waals surface area contributed by atoms with Gasteiger partial charge < -0.3 is 9.88 Å². The molecule has 3 unspecified atom stereocenters. The lowest BCUT2D eigenvalue weighted by molar-refractivity contribution is 0.447. The number of imidazole rings is 1. The average molecular weight is 289 g/mol. The van der Waals surface area contributed by atoms with Crippen molar-refractivity contribution in [2.24, 2.45) is 7.05 Å². The summed E-state index contributed by atoms with van der Waals surface area (Å²) in [5.41, 5.74) is 2.30. The van der Waals surface area contributed by atoms with Crippen molar-refractivity contribution < 1.29 is 0 Å². The lowest BCUT2D eigenvalue weighted by atomic mass is 10.2. The Morgan fingerprint density at radius 2 is 2.15 bits per heavy atom. The summed E-state index contributed by atoms with van der Waals surface area (Å²) >= 11 is 2.00. The number of aromatic nitrogens is 2. The third-order valence-electron chi connectivity index (χ3n) is 4.43. The Kier molecular flexibility index (Phi) is 4.03. The molecule has 0 aliphatic heterocycles. The molecule has 1 aromatic heterocycles. The fourth-order valence-electron chi connectivity index (χ4n) is 3.35. The topological polar surface area (TPSA) is 29.9 Å². The molecule has 108 valence electrons. The van der Waals surface area contributed by atoms with Crippen molar-refractivity contribution in [1.82, 2.24) is 14.9 Å². The second-order valence-electron chi connectivity index (χ2n) is 5.72. The highest BCUT2D eigenvalue weighted by molar-refractivity contribution is 7.99. The summed E-state index contributed by atoms with van der Waals surface area (Å²) in [6.07, 6.45) is 6.21. The highest BCUT2D eigenvalue weighted by Gasteiger charge is 2.28. The SMILES string of the molecule is CSC1CCCC1NC(C)c1nc2ccccc2n1C. The van der Waals surface area contributed by atoms with Crippen LogP contribution in [0.4, 0.5) is 0 Å². The molecule has 0 saturated heterocycles. The minimum Gasteiger partial charge on any atom is -0.330 e. The predicted molar refractivity (Wildman–Crippen MR) is 87.2 cm³/mol. The van der Waals surface area contributed by atoms with Crippen molar-refractivity contribution in [2.75, 3.05) is 6.26 Å². The van der Waals surface area contributed by atoms with E-state index in [1.54, 1.807) is 0 Å². The zero-order valence-corrected chi connectivity index (χ0v) is 13.3. The van der Waals surface area contributed by atoms with Crippen LogP contribution in [-0.2, 0) is 7.05 Å². The van der Waals surface area contributed by atoms with Crippen molar-refractivity contribution in [1.29, 1.82) is 0 Å². The van der Waals surface area contributed by atoms with E-state index in [0.717, 1.165) is 16.6 Å². The standard InChI is InChI=1S/C16H23N3S/c1-11(17-13-8-6-10-15(13)20-3)16-18-12-7-4-5-9-14(12)19(16)2/h4-5,7,9,11,13,15,17H,6,8,10H2,1-3H3. The first-order valence-electron chi connectivity index (χ1n) is 7.41. The first-order valence-corrected chi connectivity index (χ1v) is 8.69. The van der Waals surface area contributed by atoms with Crippen LogP contribution in [0.3, 0.4) is 0 Å². The molecule has 0 amide bonds. The van der Waals surface area contributed by atoms with Gasteiger partial charge in [0.1, 0.15) is 5.82 Å². The van der Waals surface area contributed by atoms with E-state index in [1.807, 2.05) is 11.8 Å². The summed E-state index contributed by atoms with van der Waals surface area (Å²) in [6.45, 7) is 2.23. The van der Waals surface area contributed by atoms with Crippen LogP contribution in [0.15, 0.2) is 24.3 Å². The van der Waals surface area contributed by atoms with E-state index in [2.05, 4.69) is 54.4 Å². The number of hydrogen-bond donors (Lipinski definition) is 1. The van der Waals surface area contributed by atoms with Gasteiger partial charge in [0.05, 0.1) is 17.1 Å². The van der Waals surface area contributed by atoms with Gasteiger partial charge in [0.2, 0.25) is 0 Å². The number of nitrogens with zero attached hydrogens (tertiary/aromatic N) is 2. The molecular weight excluding hydrogens is 266 g/mol. The summed E-state index contributed by atoms with van der Waals surface area (Å²) < 4.78 is 2.22. The maximum atomic E-state index is 4.80. The average Bonchev–Trinajstić information content (AvgIpc) is 3.04. The van der Waals surface area contributed by atoms with Gasteiger partial charge in [0.15, 0.2) is 0 Å². The highest BCUT2D eigenvalue weighted by Crippen LogP contribution is 2.30. The molecule has 2 aromatic rings. The van der Waals surface area contributed by atoms with E-state index in [0.29, 0.717) is 12.1 Å². The monoisotopic (exact) mass is 289 g/mol. The minimum absolute atomic E-state index is 0.296. The molecule has 3 nitrogen and oxygen atoms in total. The van der Waals surface area contributed by atoms with Crippen LogP contribution >= 0.6 is 11.8 Å². The summed E-state index contributed by atoms with van der Waals surface area (Å²) in [6, 6.07) is 9.28. The molecule has 0 radical (unpaired) electrons. The first kappa shape index (κ1) is 14.0. The molecule has 1 heterocycles. The van der Waals surface area contributed by atoms with Gasteiger partial charge >= 0.3 is 0 Å². The molecule has 3 atom stereocenters. The minimum atomic E-state index is 0.296. The summed E-state index contributed by atoms with van der Waals surface area (Å²) in [5, 5.41) is 4.55. The third-order valence-corrected chi connectivity index (χ3v) is 5.60. The normalized spacial score (nSPS) is 24.4. The maximum absolute atomic E-state index is 4.80. The molecule has 4 heteroatoms. The van der Waals surface area contributed by atoms with Crippen LogP contribution in [0.1, 0.15) is 38.1 Å². The van der Waals surface area contributed by atoms with E-state index in [-0.39, 0.29) is 0 Å². The Balaban J connectivity index is 1.82. The molecule has 20 heavy (non-hydrogen) atoms. The Hall–Kier alpha value is -1.00. The predicted octanol–water partition coefficient (Wildman–Crippen LogP) is 3.51. The van der Waals surface area contributed by atoms with E-state index in [1.165, 1.54) is 24.8 Å². The van der Waals surface area contributed by atoms with Crippen LogP contribution in [0.2, 0.25) is 0 Å². The van der Waals surface area contributed by atoms with E-state index >= 15 is 0 Å². The van der Waals surface area contributed by atoms with Crippen LogP contribution in [0, 0.1) is 0 Å². The smallest absolute Gasteiger partial charge is 0.126 e. The van der Waals surface area contributed by atoms with Gasteiger partial charge in [-0.1, -0.05) is 18.6 Å². The lowest BCUT2D eigenvalue weighted by Gasteiger charge is -2.23. The van der Waals surface area contributed by atoms with Gasteiger partial charge in [0.25, 0.3) is 0 Å². The molecule has 0 spiro atoms. The van der Waals surface area contributed by atoms with Gasteiger partial charge in [-0.2, -0.15) is 11.8 Å². The molecule has 1 saturated carbocycles. The number of nitrogens with one attached hydrogen (secondary N) is 1. The van der Waals surface area contributed by atoms with E-state index in [9.17, 15) is 0 Å².